The molecule has 0 aliphatic carbocycles. The van der Waals surface area contributed by atoms with E-state index in [1.165, 1.54) is 43.5 Å². The first-order valence-corrected chi connectivity index (χ1v) is 12.6. The number of rotatable bonds is 11. The SMILES string of the molecule is CC(=O)N(NCc1cccc(F)c1Cl)[C@H](COC(=O)Nc1cc2cc(F)ccc2cn1)CN(C=O)OC(C)(C)C. The summed E-state index contributed by atoms with van der Waals surface area (Å²) in [5, 5.41) is 5.68. The zero-order chi connectivity index (χ0) is 29.4. The van der Waals surface area contributed by atoms with E-state index in [2.05, 4.69) is 15.7 Å². The molecule has 0 radical (unpaired) electrons. The normalized spacial score (nSPS) is 12.1. The minimum atomic E-state index is -0.943. The first-order valence-electron chi connectivity index (χ1n) is 12.2. The molecule has 0 saturated heterocycles. The van der Waals surface area contributed by atoms with Gasteiger partial charge >= 0.3 is 6.09 Å². The number of hydrogen-bond donors (Lipinski definition) is 2. The third-order valence-electron chi connectivity index (χ3n) is 5.40. The van der Waals surface area contributed by atoms with Crippen LogP contribution in [0.4, 0.5) is 19.4 Å². The number of anilines is 1. The molecular weight excluding hydrogens is 548 g/mol. The number of nitrogens with one attached hydrogen (secondary N) is 2. The van der Waals surface area contributed by atoms with Gasteiger partial charge < -0.3 is 4.74 Å². The molecule has 0 fully saturated rings. The molecule has 3 amide bonds. The Morgan fingerprint density at radius 2 is 1.90 bits per heavy atom. The fourth-order valence-electron chi connectivity index (χ4n) is 3.72. The minimum absolute atomic E-state index is 0.0440. The van der Waals surface area contributed by atoms with Crippen molar-refractivity contribution in [2.75, 3.05) is 18.5 Å². The van der Waals surface area contributed by atoms with Crippen LogP contribution in [0.3, 0.4) is 0 Å². The van der Waals surface area contributed by atoms with Crippen molar-refractivity contribution in [3.8, 4) is 0 Å². The first kappa shape index (κ1) is 30.7. The molecule has 1 aromatic heterocycles. The number of hydrogen-bond acceptors (Lipinski definition) is 7. The number of benzene rings is 2. The molecule has 0 bridgehead atoms. The van der Waals surface area contributed by atoms with Gasteiger partial charge in [-0.15, -0.1) is 0 Å². The van der Waals surface area contributed by atoms with Crippen LogP contribution in [0.25, 0.3) is 10.8 Å². The lowest BCUT2D eigenvalue weighted by atomic mass is 10.2. The van der Waals surface area contributed by atoms with E-state index < -0.39 is 35.3 Å². The van der Waals surface area contributed by atoms with Crippen LogP contribution >= 0.6 is 11.6 Å². The third-order valence-corrected chi connectivity index (χ3v) is 5.82. The van der Waals surface area contributed by atoms with Gasteiger partial charge in [-0.3, -0.25) is 24.8 Å². The monoisotopic (exact) mass is 577 g/mol. The number of hydroxylamine groups is 2. The second kappa shape index (κ2) is 13.5. The van der Waals surface area contributed by atoms with E-state index in [9.17, 15) is 23.2 Å². The van der Waals surface area contributed by atoms with Crippen molar-refractivity contribution >= 4 is 46.6 Å². The quantitative estimate of drug-likeness (QED) is 0.248. The van der Waals surface area contributed by atoms with Crippen LogP contribution < -0.4 is 10.7 Å². The second-order valence-electron chi connectivity index (χ2n) is 9.78. The summed E-state index contributed by atoms with van der Waals surface area (Å²) in [4.78, 5) is 46.7. The molecular formula is C27H30ClF2N5O5. The highest BCUT2D eigenvalue weighted by molar-refractivity contribution is 6.31. The third kappa shape index (κ3) is 8.83. The molecule has 3 aromatic rings. The number of halogens is 3. The average molecular weight is 578 g/mol. The van der Waals surface area contributed by atoms with Crippen molar-refractivity contribution in [1.29, 1.82) is 0 Å². The molecule has 0 unspecified atom stereocenters. The number of carbonyl (C=O) groups excluding carboxylic acids is 3. The Bertz CT molecular complexity index is 1370. The van der Waals surface area contributed by atoms with Crippen LogP contribution in [0.5, 0.6) is 0 Å². The number of hydrazine groups is 1. The zero-order valence-electron chi connectivity index (χ0n) is 22.4. The Kier molecular flexibility index (Phi) is 10.3. The molecule has 0 aliphatic rings. The van der Waals surface area contributed by atoms with E-state index in [1.807, 2.05) is 0 Å². The van der Waals surface area contributed by atoms with Crippen LogP contribution in [-0.2, 0) is 25.7 Å². The number of fused-ring (bicyclic) bond motifs is 1. The summed E-state index contributed by atoms with van der Waals surface area (Å²) in [7, 11) is 0. The van der Waals surface area contributed by atoms with Crippen LogP contribution in [-0.4, -0.2) is 58.3 Å². The summed E-state index contributed by atoms with van der Waals surface area (Å²) in [6.45, 7) is 5.85. The largest absolute Gasteiger partial charge is 0.447 e. The first-order chi connectivity index (χ1) is 18.9. The minimum Gasteiger partial charge on any atom is -0.447 e. The molecule has 0 aliphatic heterocycles. The standard InChI is InChI=1S/C27H30ClF2N5O5/c1-17(37)35(32-13-19-6-5-7-23(30)25(19)28)22(14-34(16-36)40-27(2,3)4)15-39-26(38)33-24-11-20-10-21(29)9-8-18(20)12-31-24/h5-12,16,22,32H,13-15H2,1-4H3,(H,31,33,38)/t22-/m0/s1. The van der Waals surface area contributed by atoms with Crippen LogP contribution in [0.15, 0.2) is 48.7 Å². The number of aromatic nitrogens is 1. The maximum Gasteiger partial charge on any atom is 0.412 e. The Labute approximate surface area is 235 Å². The van der Waals surface area contributed by atoms with Crippen LogP contribution in [0.2, 0.25) is 5.02 Å². The number of nitrogens with zero attached hydrogens (tertiary/aromatic N) is 3. The van der Waals surface area contributed by atoms with Crippen molar-refractivity contribution in [3.05, 3.63) is 70.9 Å². The maximum absolute atomic E-state index is 13.9. The van der Waals surface area contributed by atoms with E-state index in [1.54, 1.807) is 32.9 Å². The fourth-order valence-corrected chi connectivity index (χ4v) is 3.91. The fraction of sp³-hybridized carbons (Fsp3) is 0.333. The summed E-state index contributed by atoms with van der Waals surface area (Å²) in [6, 6.07) is 8.96. The Morgan fingerprint density at radius 3 is 2.58 bits per heavy atom. The van der Waals surface area contributed by atoms with E-state index in [4.69, 9.17) is 21.2 Å². The molecule has 13 heteroatoms. The predicted octanol–water partition coefficient (Wildman–Crippen LogP) is 4.83. The molecule has 0 saturated carbocycles. The van der Waals surface area contributed by atoms with Gasteiger partial charge in [0.1, 0.15) is 30.1 Å². The van der Waals surface area contributed by atoms with Crippen molar-refractivity contribution in [2.24, 2.45) is 0 Å². The Morgan fingerprint density at radius 1 is 1.15 bits per heavy atom. The van der Waals surface area contributed by atoms with Gasteiger partial charge in [-0.1, -0.05) is 23.7 Å². The second-order valence-corrected chi connectivity index (χ2v) is 10.2. The van der Waals surface area contributed by atoms with Crippen molar-refractivity contribution in [3.63, 3.8) is 0 Å². The predicted molar refractivity (Wildman–Crippen MR) is 145 cm³/mol. The van der Waals surface area contributed by atoms with Crippen molar-refractivity contribution < 1.29 is 32.7 Å². The van der Waals surface area contributed by atoms with Crippen molar-refractivity contribution in [2.45, 2.75) is 45.9 Å². The van der Waals surface area contributed by atoms with E-state index in [0.717, 1.165) is 10.1 Å². The average Bonchev–Trinajstić information content (AvgIpc) is 2.87. The maximum atomic E-state index is 13.9. The lowest BCUT2D eigenvalue weighted by molar-refractivity contribution is -0.222. The van der Waals surface area contributed by atoms with Gasteiger partial charge in [0.25, 0.3) is 0 Å². The van der Waals surface area contributed by atoms with Gasteiger partial charge in [0.2, 0.25) is 12.3 Å². The smallest absolute Gasteiger partial charge is 0.412 e. The number of carbonyl (C=O) groups is 3. The number of ether oxygens (including phenoxy) is 1. The lowest BCUT2D eigenvalue weighted by Crippen LogP contribution is -2.55. The van der Waals surface area contributed by atoms with Gasteiger partial charge in [-0.2, -0.15) is 0 Å². The highest BCUT2D eigenvalue weighted by atomic mass is 35.5. The highest BCUT2D eigenvalue weighted by Gasteiger charge is 2.28. The molecule has 0 spiro atoms. The van der Waals surface area contributed by atoms with Crippen LogP contribution in [0.1, 0.15) is 33.3 Å². The molecule has 1 heterocycles. The molecule has 2 N–H and O–H groups in total. The molecule has 2 aromatic carbocycles. The lowest BCUT2D eigenvalue weighted by Gasteiger charge is -2.35. The summed E-state index contributed by atoms with van der Waals surface area (Å²) in [5.74, 6) is -1.43. The Hall–Kier alpha value is -3.87. The van der Waals surface area contributed by atoms with Gasteiger partial charge in [0, 0.05) is 25.1 Å². The molecule has 10 nitrogen and oxygen atoms in total. The Balaban J connectivity index is 1.76. The summed E-state index contributed by atoms with van der Waals surface area (Å²) in [6.07, 6.45) is 1.01. The number of amides is 3. The van der Waals surface area contributed by atoms with Gasteiger partial charge in [0.05, 0.1) is 17.2 Å². The van der Waals surface area contributed by atoms with E-state index in [-0.39, 0.29) is 30.5 Å². The van der Waals surface area contributed by atoms with Gasteiger partial charge in [-0.25, -0.2) is 29.0 Å². The van der Waals surface area contributed by atoms with E-state index in [0.29, 0.717) is 22.7 Å². The topological polar surface area (TPSA) is 113 Å². The van der Waals surface area contributed by atoms with E-state index >= 15 is 0 Å². The number of pyridine rings is 1. The summed E-state index contributed by atoms with van der Waals surface area (Å²) < 4.78 is 32.9. The summed E-state index contributed by atoms with van der Waals surface area (Å²) >= 11 is 6.04. The van der Waals surface area contributed by atoms with Crippen molar-refractivity contribution in [1.82, 2.24) is 20.5 Å². The molecule has 214 valence electrons. The highest BCUT2D eigenvalue weighted by Crippen LogP contribution is 2.20. The molecule has 1 atom stereocenters. The molecule has 40 heavy (non-hydrogen) atoms. The van der Waals surface area contributed by atoms with Gasteiger partial charge in [-0.05, 0) is 62.1 Å². The summed E-state index contributed by atoms with van der Waals surface area (Å²) in [5.41, 5.74) is 2.51. The molecule has 3 rings (SSSR count). The van der Waals surface area contributed by atoms with Crippen LogP contribution in [0, 0.1) is 11.6 Å². The van der Waals surface area contributed by atoms with Gasteiger partial charge in [0.15, 0.2) is 0 Å². The zero-order valence-corrected chi connectivity index (χ0v) is 23.2.